The topological polar surface area (TPSA) is 12.4 Å². The van der Waals surface area contributed by atoms with Crippen molar-refractivity contribution in [3.63, 3.8) is 0 Å². The molecule has 0 saturated heterocycles. The van der Waals surface area contributed by atoms with Gasteiger partial charge in [-0.2, -0.15) is 12.6 Å². The van der Waals surface area contributed by atoms with Gasteiger partial charge in [0.1, 0.15) is 0 Å². The molecule has 2 rings (SSSR count). The van der Waals surface area contributed by atoms with Crippen LogP contribution in [0.3, 0.4) is 0 Å². The Morgan fingerprint density at radius 3 is 2.00 bits per heavy atom. The minimum Gasteiger partial charge on any atom is -0.264 e. The maximum Gasteiger partial charge on any atom is 0.0343 e. The van der Waals surface area contributed by atoms with Crippen molar-refractivity contribution in [3.8, 4) is 0 Å². The Labute approximate surface area is 142 Å². The zero-order chi connectivity index (χ0) is 17.2. The van der Waals surface area contributed by atoms with E-state index < -0.39 is 0 Å². The van der Waals surface area contributed by atoms with Crippen LogP contribution in [0.1, 0.15) is 41.5 Å². The van der Waals surface area contributed by atoms with Crippen LogP contribution in [0.2, 0.25) is 0 Å². The molecule has 2 heteroatoms. The van der Waals surface area contributed by atoms with Crippen LogP contribution in [-0.2, 0) is 0 Å². The first kappa shape index (κ1) is 20.7. The summed E-state index contributed by atoms with van der Waals surface area (Å²) < 4.78 is 0. The second-order valence-corrected chi connectivity index (χ2v) is 6.15. The van der Waals surface area contributed by atoms with Crippen LogP contribution in [0.25, 0.3) is 0 Å². The molecule has 0 aromatic heterocycles. The zero-order valence-electron chi connectivity index (χ0n) is 15.1. The van der Waals surface area contributed by atoms with E-state index in [1.54, 1.807) is 6.26 Å². The van der Waals surface area contributed by atoms with Crippen molar-refractivity contribution in [2.45, 2.75) is 41.5 Å². The van der Waals surface area contributed by atoms with Gasteiger partial charge in [-0.3, -0.25) is 4.99 Å². The quantitative estimate of drug-likeness (QED) is 0.554. The standard InChI is InChI=1S/C17H21N.C2H6.CH4S/c1-16(2)8-6-5-7-14(11-16)15-12-17(3,4)9-10-18-13-15;2*1-2/h5-13H,1-4H3;1-2H3;2H,1H3. The fourth-order valence-electron chi connectivity index (χ4n) is 2.14. The second kappa shape index (κ2) is 9.68. The largest absolute Gasteiger partial charge is 0.264 e. The first-order valence-corrected chi connectivity index (χ1v) is 8.75. The molecule has 0 N–H and O–H groups in total. The summed E-state index contributed by atoms with van der Waals surface area (Å²) in [4.78, 5) is 4.33. The van der Waals surface area contributed by atoms with E-state index in [0.717, 1.165) is 0 Å². The first-order chi connectivity index (χ1) is 10.4. The highest BCUT2D eigenvalue weighted by Crippen LogP contribution is 2.30. The van der Waals surface area contributed by atoms with E-state index in [1.165, 1.54) is 11.1 Å². The smallest absolute Gasteiger partial charge is 0.0343 e. The molecule has 0 saturated carbocycles. The fraction of sp³-hybridized carbons (Fsp3) is 0.450. The lowest BCUT2D eigenvalue weighted by atomic mass is 9.86. The molecule has 1 aliphatic carbocycles. The molecule has 0 aromatic carbocycles. The van der Waals surface area contributed by atoms with Crippen LogP contribution in [0.5, 0.6) is 0 Å². The van der Waals surface area contributed by atoms with Gasteiger partial charge in [-0.25, -0.2) is 0 Å². The zero-order valence-corrected chi connectivity index (χ0v) is 16.0. The first-order valence-electron chi connectivity index (χ1n) is 7.86. The molecule has 1 heterocycles. The van der Waals surface area contributed by atoms with Crippen LogP contribution in [-0.4, -0.2) is 12.5 Å². The van der Waals surface area contributed by atoms with Gasteiger partial charge in [0, 0.05) is 23.2 Å². The van der Waals surface area contributed by atoms with Crippen LogP contribution in [0, 0.1) is 10.8 Å². The molecular weight excluding hydrogens is 286 g/mol. The van der Waals surface area contributed by atoms with E-state index in [2.05, 4.69) is 87.8 Å². The molecule has 2 aliphatic rings. The Kier molecular flexibility index (Phi) is 9.12. The Morgan fingerprint density at radius 1 is 0.818 bits per heavy atom. The molecule has 1 aliphatic heterocycles. The number of nitrogens with zero attached hydrogens (tertiary/aromatic N) is 1. The average molecular weight is 318 g/mol. The number of hydrogen-bond acceptors (Lipinski definition) is 2. The second-order valence-electron chi connectivity index (χ2n) is 6.15. The summed E-state index contributed by atoms with van der Waals surface area (Å²) in [6.45, 7) is 12.8. The number of aliphatic imine (C=N–C) groups is 1. The lowest BCUT2D eigenvalue weighted by molar-refractivity contribution is 0.618. The third-order valence-electron chi connectivity index (χ3n) is 3.10. The Morgan fingerprint density at radius 2 is 1.36 bits per heavy atom. The van der Waals surface area contributed by atoms with Crippen molar-refractivity contribution >= 4 is 18.8 Å². The summed E-state index contributed by atoms with van der Waals surface area (Å²) in [5.74, 6) is 0. The highest BCUT2D eigenvalue weighted by Gasteiger charge is 2.17. The monoisotopic (exact) mass is 317 g/mol. The summed E-state index contributed by atoms with van der Waals surface area (Å²) in [7, 11) is 0. The molecule has 1 nitrogen and oxygen atoms in total. The van der Waals surface area contributed by atoms with Gasteiger partial charge in [-0.05, 0) is 17.4 Å². The minimum atomic E-state index is 0.0460. The lowest BCUT2D eigenvalue weighted by Crippen LogP contribution is -2.07. The van der Waals surface area contributed by atoms with Gasteiger partial charge >= 0.3 is 0 Å². The molecule has 0 bridgehead atoms. The van der Waals surface area contributed by atoms with Gasteiger partial charge in [0.25, 0.3) is 0 Å². The SMILES string of the molecule is CC.CC1(C)C=CC=CC(C2=CC(C)(C)C=CN=C2)=C1.CS. The number of rotatable bonds is 1. The maximum absolute atomic E-state index is 4.33. The molecular formula is C20H31NS. The van der Waals surface area contributed by atoms with Crippen molar-refractivity contribution in [2.75, 3.05) is 6.26 Å². The molecule has 122 valence electrons. The van der Waals surface area contributed by atoms with E-state index in [9.17, 15) is 0 Å². The normalized spacial score (nSPS) is 20.4. The highest BCUT2D eigenvalue weighted by atomic mass is 32.1. The summed E-state index contributed by atoms with van der Waals surface area (Å²) >= 11 is 3.53. The lowest BCUT2D eigenvalue weighted by Gasteiger charge is -2.18. The predicted octanol–water partition coefficient (Wildman–Crippen LogP) is 6.19. The number of allylic oxidation sites excluding steroid dienone is 9. The van der Waals surface area contributed by atoms with Crippen molar-refractivity contribution in [2.24, 2.45) is 15.8 Å². The van der Waals surface area contributed by atoms with Gasteiger partial charge in [-0.1, -0.05) is 84.1 Å². The Balaban J connectivity index is 0.00000102. The fourth-order valence-corrected chi connectivity index (χ4v) is 2.14. The molecule has 0 fully saturated rings. The van der Waals surface area contributed by atoms with Crippen LogP contribution in [0.15, 0.2) is 64.9 Å². The van der Waals surface area contributed by atoms with Crippen LogP contribution >= 0.6 is 12.6 Å². The van der Waals surface area contributed by atoms with Crippen molar-refractivity contribution in [1.82, 2.24) is 0 Å². The van der Waals surface area contributed by atoms with Crippen LogP contribution in [0.4, 0.5) is 0 Å². The summed E-state index contributed by atoms with van der Waals surface area (Å²) in [6, 6.07) is 0. The van der Waals surface area contributed by atoms with Gasteiger partial charge in [0.15, 0.2) is 0 Å². The van der Waals surface area contributed by atoms with Crippen molar-refractivity contribution < 1.29 is 0 Å². The Bertz CT molecular complexity index is 464. The van der Waals surface area contributed by atoms with Gasteiger partial charge in [0.05, 0.1) is 0 Å². The minimum absolute atomic E-state index is 0.0460. The predicted molar refractivity (Wildman–Crippen MR) is 106 cm³/mol. The van der Waals surface area contributed by atoms with E-state index >= 15 is 0 Å². The average Bonchev–Trinajstić information content (AvgIpc) is 2.78. The molecule has 0 aromatic rings. The molecule has 0 atom stereocenters. The van der Waals surface area contributed by atoms with Gasteiger partial charge in [-0.15, -0.1) is 0 Å². The summed E-state index contributed by atoms with van der Waals surface area (Å²) in [5.41, 5.74) is 2.56. The third kappa shape index (κ3) is 7.13. The van der Waals surface area contributed by atoms with Gasteiger partial charge in [0.2, 0.25) is 0 Å². The highest BCUT2D eigenvalue weighted by molar-refractivity contribution is 7.79. The Hall–Kier alpha value is -1.28. The van der Waals surface area contributed by atoms with Crippen molar-refractivity contribution in [3.05, 3.63) is 59.9 Å². The van der Waals surface area contributed by atoms with E-state index in [0.29, 0.717) is 0 Å². The molecule has 0 amide bonds. The van der Waals surface area contributed by atoms with E-state index in [1.807, 2.05) is 26.3 Å². The van der Waals surface area contributed by atoms with Crippen LogP contribution < -0.4 is 0 Å². The molecule has 0 unspecified atom stereocenters. The number of thiol groups is 1. The van der Waals surface area contributed by atoms with Gasteiger partial charge < -0.3 is 0 Å². The van der Waals surface area contributed by atoms with Crippen molar-refractivity contribution in [1.29, 1.82) is 0 Å². The van der Waals surface area contributed by atoms with E-state index in [4.69, 9.17) is 0 Å². The number of hydrogen-bond donors (Lipinski definition) is 1. The van der Waals surface area contributed by atoms with E-state index in [-0.39, 0.29) is 10.8 Å². The molecule has 22 heavy (non-hydrogen) atoms. The molecule has 0 spiro atoms. The summed E-state index contributed by atoms with van der Waals surface area (Å²) in [5, 5.41) is 0. The molecule has 0 radical (unpaired) electrons. The summed E-state index contributed by atoms with van der Waals surface area (Å²) in [6.07, 6.45) is 20.8. The maximum atomic E-state index is 4.33. The third-order valence-corrected chi connectivity index (χ3v) is 3.10.